The second kappa shape index (κ2) is 6.21. The molecule has 8 heteroatoms. The Balaban J connectivity index is 2.54. The summed E-state index contributed by atoms with van der Waals surface area (Å²) in [5.74, 6) is 0.463. The van der Waals surface area contributed by atoms with Crippen LogP contribution in [0.3, 0.4) is 0 Å². The van der Waals surface area contributed by atoms with Crippen LogP contribution in [0.1, 0.15) is 36.4 Å². The number of oxime groups is 1. The van der Waals surface area contributed by atoms with Crippen LogP contribution >= 0.6 is 0 Å². The van der Waals surface area contributed by atoms with E-state index in [-0.39, 0.29) is 11.7 Å². The molecule has 0 saturated carbocycles. The highest BCUT2D eigenvalue weighted by atomic mass is 16.5. The van der Waals surface area contributed by atoms with Gasteiger partial charge >= 0.3 is 0 Å². The van der Waals surface area contributed by atoms with E-state index in [0.717, 1.165) is 17.0 Å². The van der Waals surface area contributed by atoms with Gasteiger partial charge in [-0.3, -0.25) is 5.10 Å². The molecule has 0 aliphatic carbocycles. The Kier molecular flexibility index (Phi) is 4.36. The molecule has 0 aliphatic rings. The van der Waals surface area contributed by atoms with E-state index in [0.29, 0.717) is 24.3 Å². The molecule has 0 aliphatic heterocycles. The Bertz CT molecular complexity index is 665. The monoisotopic (exact) mass is 290 g/mol. The van der Waals surface area contributed by atoms with E-state index in [1.807, 2.05) is 20.8 Å². The number of hydrogen-bond acceptors (Lipinski definition) is 6. The van der Waals surface area contributed by atoms with Crippen molar-refractivity contribution in [3.63, 3.8) is 0 Å². The molecule has 2 aromatic rings. The topological polar surface area (TPSA) is 122 Å². The van der Waals surface area contributed by atoms with E-state index in [4.69, 9.17) is 15.7 Å². The zero-order chi connectivity index (χ0) is 15.4. The Morgan fingerprint density at radius 3 is 2.67 bits per heavy atom. The van der Waals surface area contributed by atoms with Crippen LogP contribution in [0.25, 0.3) is 0 Å². The molecule has 2 heterocycles. The molecule has 0 unspecified atom stereocenters. The molecular weight excluding hydrogens is 272 g/mol. The maximum atomic E-state index is 9.00. The number of aromatic nitrogens is 4. The minimum Gasteiger partial charge on any atom is -0.417 e. The average molecular weight is 290 g/mol. The number of nitrogens with two attached hydrogens (primary N) is 1. The van der Waals surface area contributed by atoms with Crippen molar-refractivity contribution in [3.05, 3.63) is 28.6 Å². The standard InChI is InChI=1S/C13H18N6O2/c1-4-8-9(5-2)16-18-13(11(8)12(14)19-20)21-10-6-7(3)15-17-10/h6,20H,4-5H2,1-3H3,(H2,14,19)(H,15,17). The summed E-state index contributed by atoms with van der Waals surface area (Å²) in [6.45, 7) is 5.79. The van der Waals surface area contributed by atoms with E-state index >= 15 is 0 Å². The van der Waals surface area contributed by atoms with Gasteiger partial charge in [0.25, 0.3) is 5.88 Å². The van der Waals surface area contributed by atoms with Crippen LogP contribution in [0.2, 0.25) is 0 Å². The summed E-state index contributed by atoms with van der Waals surface area (Å²) in [6, 6.07) is 1.72. The van der Waals surface area contributed by atoms with Crippen LogP contribution in [0.15, 0.2) is 11.2 Å². The second-order valence-electron chi connectivity index (χ2n) is 4.49. The maximum Gasteiger partial charge on any atom is 0.252 e. The molecular formula is C13H18N6O2. The highest BCUT2D eigenvalue weighted by Gasteiger charge is 2.20. The lowest BCUT2D eigenvalue weighted by atomic mass is 10.0. The summed E-state index contributed by atoms with van der Waals surface area (Å²) in [7, 11) is 0. The first kappa shape index (κ1) is 14.8. The Morgan fingerprint density at radius 1 is 1.38 bits per heavy atom. The van der Waals surface area contributed by atoms with Crippen LogP contribution in [0, 0.1) is 6.92 Å². The molecule has 0 saturated heterocycles. The minimum atomic E-state index is -0.0568. The predicted molar refractivity (Wildman–Crippen MR) is 76.7 cm³/mol. The lowest BCUT2D eigenvalue weighted by Gasteiger charge is -2.13. The Hall–Kier alpha value is -2.64. The lowest BCUT2D eigenvalue weighted by Crippen LogP contribution is -2.19. The number of H-pyrrole nitrogens is 1. The van der Waals surface area contributed by atoms with E-state index in [2.05, 4.69) is 25.6 Å². The van der Waals surface area contributed by atoms with Gasteiger partial charge in [0.05, 0.1) is 11.3 Å². The van der Waals surface area contributed by atoms with Crippen molar-refractivity contribution in [1.29, 1.82) is 0 Å². The fourth-order valence-electron chi connectivity index (χ4n) is 2.08. The van der Waals surface area contributed by atoms with Crippen molar-refractivity contribution in [2.24, 2.45) is 10.9 Å². The first-order valence-electron chi connectivity index (χ1n) is 6.66. The second-order valence-corrected chi connectivity index (χ2v) is 4.49. The highest BCUT2D eigenvalue weighted by Crippen LogP contribution is 2.26. The van der Waals surface area contributed by atoms with Crippen molar-refractivity contribution in [2.75, 3.05) is 0 Å². The van der Waals surface area contributed by atoms with Gasteiger partial charge < -0.3 is 15.7 Å². The quantitative estimate of drug-likeness (QED) is 0.332. The molecule has 0 radical (unpaired) electrons. The van der Waals surface area contributed by atoms with Gasteiger partial charge in [0.15, 0.2) is 5.84 Å². The minimum absolute atomic E-state index is 0.0568. The number of hydrogen-bond donors (Lipinski definition) is 3. The third-order valence-corrected chi connectivity index (χ3v) is 3.06. The normalized spacial score (nSPS) is 11.7. The summed E-state index contributed by atoms with van der Waals surface area (Å²) in [4.78, 5) is 0. The molecule has 0 amide bonds. The summed E-state index contributed by atoms with van der Waals surface area (Å²) < 4.78 is 5.61. The third kappa shape index (κ3) is 2.93. The zero-order valence-electron chi connectivity index (χ0n) is 12.2. The van der Waals surface area contributed by atoms with Crippen LogP contribution in [0.5, 0.6) is 11.8 Å². The Morgan fingerprint density at radius 2 is 2.14 bits per heavy atom. The van der Waals surface area contributed by atoms with E-state index in [1.54, 1.807) is 6.07 Å². The van der Waals surface area contributed by atoms with E-state index in [9.17, 15) is 0 Å². The molecule has 8 nitrogen and oxygen atoms in total. The first-order valence-corrected chi connectivity index (χ1v) is 6.66. The number of aryl methyl sites for hydroxylation is 2. The van der Waals surface area contributed by atoms with Crippen LogP contribution in [-0.4, -0.2) is 31.4 Å². The SMILES string of the molecule is CCc1nnc(Oc2cc(C)[nH]n2)c(C(N)=NO)c1CC. The summed E-state index contributed by atoms with van der Waals surface area (Å²) in [5.41, 5.74) is 8.73. The first-order chi connectivity index (χ1) is 10.1. The fraction of sp³-hybridized carbons (Fsp3) is 0.385. The van der Waals surface area contributed by atoms with Crippen LogP contribution in [-0.2, 0) is 12.8 Å². The number of aromatic amines is 1. The molecule has 0 aromatic carbocycles. The molecule has 4 N–H and O–H groups in total. The molecule has 21 heavy (non-hydrogen) atoms. The molecule has 2 rings (SSSR count). The van der Waals surface area contributed by atoms with E-state index < -0.39 is 0 Å². The number of amidine groups is 1. The number of ether oxygens (including phenoxy) is 1. The van der Waals surface area contributed by atoms with Crippen molar-refractivity contribution >= 4 is 5.84 Å². The molecule has 0 fully saturated rings. The smallest absolute Gasteiger partial charge is 0.252 e. The number of nitrogens with zero attached hydrogens (tertiary/aromatic N) is 4. The van der Waals surface area contributed by atoms with Crippen LogP contribution < -0.4 is 10.5 Å². The lowest BCUT2D eigenvalue weighted by molar-refractivity contribution is 0.318. The molecule has 2 aromatic heterocycles. The van der Waals surface area contributed by atoms with Gasteiger partial charge in [0, 0.05) is 11.8 Å². The van der Waals surface area contributed by atoms with Gasteiger partial charge in [0.1, 0.15) is 0 Å². The molecule has 112 valence electrons. The number of nitrogens with one attached hydrogen (secondary N) is 1. The van der Waals surface area contributed by atoms with Gasteiger partial charge in [-0.05, 0) is 25.3 Å². The molecule has 0 spiro atoms. The summed E-state index contributed by atoms with van der Waals surface area (Å²) in [6.07, 6.45) is 1.36. The van der Waals surface area contributed by atoms with Gasteiger partial charge in [-0.15, -0.1) is 10.2 Å². The number of rotatable bonds is 5. The maximum absolute atomic E-state index is 9.00. The van der Waals surface area contributed by atoms with Gasteiger partial charge in [0.2, 0.25) is 5.88 Å². The van der Waals surface area contributed by atoms with Gasteiger partial charge in [-0.25, -0.2) is 0 Å². The van der Waals surface area contributed by atoms with Crippen molar-refractivity contribution in [2.45, 2.75) is 33.6 Å². The molecule has 0 atom stereocenters. The molecule has 0 bridgehead atoms. The zero-order valence-corrected chi connectivity index (χ0v) is 12.2. The van der Waals surface area contributed by atoms with Crippen molar-refractivity contribution < 1.29 is 9.94 Å². The van der Waals surface area contributed by atoms with Crippen LogP contribution in [0.4, 0.5) is 0 Å². The third-order valence-electron chi connectivity index (χ3n) is 3.06. The van der Waals surface area contributed by atoms with Crippen molar-refractivity contribution in [3.8, 4) is 11.8 Å². The van der Waals surface area contributed by atoms with E-state index in [1.165, 1.54) is 0 Å². The summed E-state index contributed by atoms with van der Waals surface area (Å²) >= 11 is 0. The van der Waals surface area contributed by atoms with Gasteiger partial charge in [-0.1, -0.05) is 19.0 Å². The highest BCUT2D eigenvalue weighted by molar-refractivity contribution is 6.00. The Labute approximate surface area is 122 Å². The predicted octanol–water partition coefficient (Wildman–Crippen LogP) is 1.52. The largest absolute Gasteiger partial charge is 0.417 e. The van der Waals surface area contributed by atoms with Crippen molar-refractivity contribution in [1.82, 2.24) is 20.4 Å². The average Bonchev–Trinajstić information content (AvgIpc) is 2.90. The summed E-state index contributed by atoms with van der Waals surface area (Å²) in [5, 5.41) is 27.0. The van der Waals surface area contributed by atoms with Gasteiger partial charge in [-0.2, -0.15) is 5.10 Å². The fourth-order valence-corrected chi connectivity index (χ4v) is 2.08.